The second-order valence-electron chi connectivity index (χ2n) is 12.0. The summed E-state index contributed by atoms with van der Waals surface area (Å²) in [6, 6.07) is 9.12. The number of piperidine rings is 1. The van der Waals surface area contributed by atoms with Crippen LogP contribution in [0, 0.1) is 18.3 Å². The van der Waals surface area contributed by atoms with E-state index in [0.717, 1.165) is 36.3 Å². The predicted octanol–water partition coefficient (Wildman–Crippen LogP) is 2.83. The van der Waals surface area contributed by atoms with Crippen molar-refractivity contribution in [2.24, 2.45) is 11.3 Å². The molecule has 1 spiro atoms. The number of allylic oxidation sites excluding steroid dienone is 2. The zero-order valence-corrected chi connectivity index (χ0v) is 24.8. The molecule has 4 heterocycles. The maximum atomic E-state index is 13.8. The summed E-state index contributed by atoms with van der Waals surface area (Å²) >= 11 is 0. The first-order valence-corrected chi connectivity index (χ1v) is 15.3. The van der Waals surface area contributed by atoms with Crippen molar-refractivity contribution >= 4 is 23.4 Å². The molecule has 3 atom stereocenters. The number of anilines is 1. The average Bonchev–Trinajstić information content (AvgIpc) is 3.35. The van der Waals surface area contributed by atoms with Crippen molar-refractivity contribution in [2.45, 2.75) is 71.0 Å². The lowest BCUT2D eigenvalue weighted by molar-refractivity contribution is -0.140. The number of aryl methyl sites for hydroxylation is 2. The zero-order chi connectivity index (χ0) is 29.5. The Kier molecular flexibility index (Phi) is 9.74. The van der Waals surface area contributed by atoms with Crippen LogP contribution in [0.3, 0.4) is 0 Å². The van der Waals surface area contributed by atoms with Crippen LogP contribution < -0.4 is 16.0 Å². The van der Waals surface area contributed by atoms with Gasteiger partial charge in [0.2, 0.25) is 17.7 Å². The molecule has 3 amide bonds. The molecule has 10 nitrogen and oxygen atoms in total. The quantitative estimate of drug-likeness (QED) is 0.456. The molecule has 2 saturated heterocycles. The molecule has 226 valence electrons. The van der Waals surface area contributed by atoms with Gasteiger partial charge < -0.3 is 20.7 Å². The lowest BCUT2D eigenvalue weighted by Gasteiger charge is -2.40. The number of hydrogen-bond acceptors (Lipinski definition) is 6. The van der Waals surface area contributed by atoms with E-state index in [-0.39, 0.29) is 36.2 Å². The van der Waals surface area contributed by atoms with Crippen molar-refractivity contribution in [1.29, 1.82) is 0 Å². The summed E-state index contributed by atoms with van der Waals surface area (Å²) in [7, 11) is 0. The first kappa shape index (κ1) is 30.0. The maximum absolute atomic E-state index is 13.8. The van der Waals surface area contributed by atoms with Crippen LogP contribution in [-0.2, 0) is 32.1 Å². The van der Waals surface area contributed by atoms with E-state index in [1.165, 1.54) is 0 Å². The molecule has 0 unspecified atom stereocenters. The number of ether oxygens (including phenoxy) is 1. The maximum Gasteiger partial charge on any atom is 0.243 e. The van der Waals surface area contributed by atoms with Gasteiger partial charge in [-0.1, -0.05) is 42.5 Å². The molecule has 3 N–H and O–H groups in total. The summed E-state index contributed by atoms with van der Waals surface area (Å²) in [5.41, 5.74) is 1.97. The lowest BCUT2D eigenvalue weighted by atomic mass is 9.75. The Morgan fingerprint density at radius 3 is 2.67 bits per heavy atom. The van der Waals surface area contributed by atoms with E-state index in [9.17, 15) is 14.4 Å². The molecule has 0 radical (unpaired) electrons. The second-order valence-corrected chi connectivity index (χ2v) is 12.0. The Hall–Kier alpha value is -3.50. The van der Waals surface area contributed by atoms with Crippen LogP contribution >= 0.6 is 0 Å². The first-order chi connectivity index (χ1) is 20.3. The van der Waals surface area contributed by atoms with Crippen molar-refractivity contribution in [1.82, 2.24) is 25.3 Å². The molecule has 0 bridgehead atoms. The molecule has 5 rings (SSSR count). The van der Waals surface area contributed by atoms with Gasteiger partial charge in [0.15, 0.2) is 0 Å². The molecule has 1 aromatic carbocycles. The number of rotatable bonds is 6. The highest BCUT2D eigenvalue weighted by Crippen LogP contribution is 2.36. The first-order valence-electron chi connectivity index (χ1n) is 15.3. The van der Waals surface area contributed by atoms with Gasteiger partial charge in [-0.15, -0.1) is 0 Å². The van der Waals surface area contributed by atoms with Gasteiger partial charge >= 0.3 is 0 Å². The number of benzene rings is 1. The number of carbonyl (C=O) groups excluding carboxylic acids is 3. The third-order valence-corrected chi connectivity index (χ3v) is 9.01. The Labute approximate surface area is 248 Å². The van der Waals surface area contributed by atoms with Gasteiger partial charge in [-0.05, 0) is 57.4 Å². The summed E-state index contributed by atoms with van der Waals surface area (Å²) in [4.78, 5) is 42.6. The Morgan fingerprint density at radius 2 is 1.93 bits per heavy atom. The van der Waals surface area contributed by atoms with Crippen LogP contribution in [0.5, 0.6) is 0 Å². The van der Waals surface area contributed by atoms with E-state index in [1.54, 1.807) is 0 Å². The van der Waals surface area contributed by atoms with E-state index in [0.29, 0.717) is 52.0 Å². The zero-order valence-electron chi connectivity index (χ0n) is 24.8. The number of nitrogens with one attached hydrogen (secondary N) is 3. The number of hydrogen-bond donors (Lipinski definition) is 3. The fraction of sp³-hybridized carbons (Fsp3) is 0.562. The second kappa shape index (κ2) is 13.6. The summed E-state index contributed by atoms with van der Waals surface area (Å²) in [5, 5.41) is 13.9. The van der Waals surface area contributed by atoms with Crippen LogP contribution in [0.2, 0.25) is 0 Å². The Balaban J connectivity index is 1.31. The van der Waals surface area contributed by atoms with Gasteiger partial charge in [0.1, 0.15) is 6.04 Å². The highest BCUT2D eigenvalue weighted by Gasteiger charge is 2.41. The highest BCUT2D eigenvalue weighted by molar-refractivity contribution is 5.93. The molecule has 2 aromatic rings. The van der Waals surface area contributed by atoms with E-state index in [2.05, 4.69) is 38.1 Å². The molecule has 0 saturated carbocycles. The van der Waals surface area contributed by atoms with Crippen molar-refractivity contribution in [3.63, 3.8) is 0 Å². The highest BCUT2D eigenvalue weighted by atomic mass is 16.5. The SMILES string of the molecule is CCn1cc(NC(=O)CN2CC[C@@H]3NC(=O)[C@@H](Cc4ccccc4)NC(=O)C4(C/C=C/C[C@@H]3C2)CCOCC4)c(C)n1. The van der Waals surface area contributed by atoms with Gasteiger partial charge in [0, 0.05) is 51.5 Å². The van der Waals surface area contributed by atoms with Crippen LogP contribution in [0.25, 0.3) is 0 Å². The summed E-state index contributed by atoms with van der Waals surface area (Å²) < 4.78 is 7.41. The van der Waals surface area contributed by atoms with Gasteiger partial charge in [-0.25, -0.2) is 0 Å². The van der Waals surface area contributed by atoms with Crippen molar-refractivity contribution < 1.29 is 19.1 Å². The largest absolute Gasteiger partial charge is 0.381 e. The third-order valence-electron chi connectivity index (χ3n) is 9.01. The molecular formula is C32H44N6O4. The van der Waals surface area contributed by atoms with Crippen LogP contribution in [0.15, 0.2) is 48.7 Å². The Morgan fingerprint density at radius 1 is 1.14 bits per heavy atom. The van der Waals surface area contributed by atoms with Crippen molar-refractivity contribution in [3.8, 4) is 0 Å². The fourth-order valence-electron chi connectivity index (χ4n) is 6.40. The van der Waals surface area contributed by atoms with Crippen LogP contribution in [0.1, 0.15) is 50.3 Å². The number of fused-ring (bicyclic) bond motifs is 1. The van der Waals surface area contributed by atoms with Crippen LogP contribution in [0.4, 0.5) is 5.69 Å². The summed E-state index contributed by atoms with van der Waals surface area (Å²) in [5.74, 6) is -0.130. The van der Waals surface area contributed by atoms with Crippen molar-refractivity contribution in [2.75, 3.05) is 38.2 Å². The standard InChI is InChI=1S/C32H44N6O4/c1-3-38-21-28(23(2)36-38)33-29(39)22-37-16-12-26-25(20-37)11-7-8-13-32(14-17-42-18-15-32)31(41)35-27(30(40)34-26)19-24-9-5-4-6-10-24/h4-10,21,25-27H,3,11-20,22H2,1-2H3,(H,33,39)(H,34,40)(H,35,41)/b8-7+/t25-,26+,27-/m1/s1. The minimum atomic E-state index is -0.667. The van der Waals surface area contributed by atoms with Crippen molar-refractivity contribution in [3.05, 3.63) is 59.9 Å². The molecule has 10 heteroatoms. The minimum Gasteiger partial charge on any atom is -0.381 e. The van der Waals surface area contributed by atoms with E-state index in [4.69, 9.17) is 4.74 Å². The molecule has 2 fully saturated rings. The molecule has 0 aliphatic carbocycles. The van der Waals surface area contributed by atoms with Crippen LogP contribution in [-0.4, -0.2) is 77.3 Å². The summed E-state index contributed by atoms with van der Waals surface area (Å²) in [6.07, 6.45) is 9.97. The summed E-state index contributed by atoms with van der Waals surface area (Å²) in [6.45, 7) is 7.41. The van der Waals surface area contributed by atoms with Gasteiger partial charge in [-0.2, -0.15) is 5.10 Å². The third kappa shape index (κ3) is 7.28. The number of amides is 3. The Bertz CT molecular complexity index is 1270. The normalized spacial score (nSPS) is 25.8. The molecule has 3 aliphatic rings. The topological polar surface area (TPSA) is 118 Å². The predicted molar refractivity (Wildman–Crippen MR) is 161 cm³/mol. The van der Waals surface area contributed by atoms with E-state index < -0.39 is 11.5 Å². The molecule has 3 aliphatic heterocycles. The molecular weight excluding hydrogens is 532 g/mol. The lowest BCUT2D eigenvalue weighted by Crippen LogP contribution is -2.58. The fourth-order valence-corrected chi connectivity index (χ4v) is 6.40. The minimum absolute atomic E-state index is 0.0434. The number of nitrogens with zero attached hydrogens (tertiary/aromatic N) is 3. The monoisotopic (exact) mass is 576 g/mol. The number of carbonyl (C=O) groups is 3. The van der Waals surface area contributed by atoms with Gasteiger partial charge in [0.25, 0.3) is 0 Å². The van der Waals surface area contributed by atoms with E-state index in [1.807, 2.05) is 55.1 Å². The smallest absolute Gasteiger partial charge is 0.243 e. The van der Waals surface area contributed by atoms with Gasteiger partial charge in [0.05, 0.1) is 23.3 Å². The number of aromatic nitrogens is 2. The number of likely N-dealkylation sites (tertiary alicyclic amines) is 1. The average molecular weight is 577 g/mol. The van der Waals surface area contributed by atoms with Gasteiger partial charge in [-0.3, -0.25) is 24.0 Å². The van der Waals surface area contributed by atoms with E-state index >= 15 is 0 Å². The molecule has 42 heavy (non-hydrogen) atoms. The molecule has 1 aromatic heterocycles.